The molecule has 0 heterocycles. The van der Waals surface area contributed by atoms with Gasteiger partial charge in [0.05, 0.1) is 5.41 Å². The maximum atomic E-state index is 11.9. The van der Waals surface area contributed by atoms with Crippen molar-refractivity contribution in [2.75, 3.05) is 13.6 Å². The molecule has 2 amide bonds. The van der Waals surface area contributed by atoms with Crippen LogP contribution in [-0.2, 0) is 9.59 Å². The molecule has 0 atom stereocenters. The van der Waals surface area contributed by atoms with Gasteiger partial charge >= 0.3 is 0 Å². The number of nitrogens with two attached hydrogens (primary N) is 1. The zero-order valence-corrected chi connectivity index (χ0v) is 10.8. The Bertz CT molecular complexity index is 267. The van der Waals surface area contributed by atoms with Gasteiger partial charge in [0.2, 0.25) is 11.8 Å². The second-order valence-electron chi connectivity index (χ2n) is 5.03. The van der Waals surface area contributed by atoms with E-state index in [2.05, 4.69) is 10.6 Å². The van der Waals surface area contributed by atoms with Crippen LogP contribution in [0.4, 0.5) is 0 Å². The summed E-state index contributed by atoms with van der Waals surface area (Å²) >= 11 is 0. The quantitative estimate of drug-likeness (QED) is 0.620. The van der Waals surface area contributed by atoms with Crippen LogP contribution in [0, 0.1) is 5.41 Å². The summed E-state index contributed by atoms with van der Waals surface area (Å²) in [6.07, 6.45) is 0.281. The van der Waals surface area contributed by atoms with Crippen LogP contribution in [0.5, 0.6) is 0 Å². The first kappa shape index (κ1) is 14.9. The summed E-state index contributed by atoms with van der Waals surface area (Å²) in [7, 11) is 1.57. The summed E-state index contributed by atoms with van der Waals surface area (Å²) in [4.78, 5) is 22.8. The fraction of sp³-hybridized carbons (Fsp3) is 0.818. The second kappa shape index (κ2) is 5.30. The van der Waals surface area contributed by atoms with Crippen LogP contribution in [0.25, 0.3) is 0 Å². The largest absolute Gasteiger partial charge is 0.359 e. The van der Waals surface area contributed by atoms with Crippen LogP contribution in [0.15, 0.2) is 0 Å². The molecular weight excluding hydrogens is 206 g/mol. The number of amides is 2. The van der Waals surface area contributed by atoms with E-state index in [1.807, 2.05) is 13.8 Å². The maximum absolute atomic E-state index is 11.9. The van der Waals surface area contributed by atoms with Crippen LogP contribution in [0.3, 0.4) is 0 Å². The molecule has 4 N–H and O–H groups in total. The molecule has 0 aromatic rings. The first-order chi connectivity index (χ1) is 7.13. The molecule has 0 aromatic heterocycles. The number of carbonyl (C=O) groups is 2. The number of hydrogen-bond donors (Lipinski definition) is 3. The van der Waals surface area contributed by atoms with Gasteiger partial charge in [0.1, 0.15) is 0 Å². The van der Waals surface area contributed by atoms with E-state index in [4.69, 9.17) is 5.73 Å². The summed E-state index contributed by atoms with van der Waals surface area (Å²) in [5.74, 6) is -0.228. The van der Waals surface area contributed by atoms with Crippen molar-refractivity contribution in [3.63, 3.8) is 0 Å². The molecular formula is C11H23N3O2. The van der Waals surface area contributed by atoms with Crippen molar-refractivity contribution in [2.45, 2.75) is 39.7 Å². The number of hydrogen-bond acceptors (Lipinski definition) is 3. The van der Waals surface area contributed by atoms with E-state index in [1.54, 1.807) is 20.9 Å². The highest BCUT2D eigenvalue weighted by Gasteiger charge is 2.40. The third-order valence-corrected chi connectivity index (χ3v) is 3.09. The van der Waals surface area contributed by atoms with Gasteiger partial charge in [0.15, 0.2) is 0 Å². The average molecular weight is 229 g/mol. The van der Waals surface area contributed by atoms with Crippen molar-refractivity contribution >= 4 is 11.8 Å². The second-order valence-corrected chi connectivity index (χ2v) is 5.03. The molecule has 0 radical (unpaired) electrons. The van der Waals surface area contributed by atoms with Gasteiger partial charge in [-0.25, -0.2) is 0 Å². The lowest BCUT2D eigenvalue weighted by atomic mass is 9.74. The van der Waals surface area contributed by atoms with E-state index >= 15 is 0 Å². The van der Waals surface area contributed by atoms with E-state index in [-0.39, 0.29) is 18.2 Å². The topological polar surface area (TPSA) is 84.2 Å². The molecule has 5 nitrogen and oxygen atoms in total. The van der Waals surface area contributed by atoms with Crippen LogP contribution < -0.4 is 16.4 Å². The molecule has 0 aliphatic heterocycles. The molecule has 16 heavy (non-hydrogen) atoms. The van der Waals surface area contributed by atoms with Crippen LogP contribution in [0.1, 0.15) is 34.1 Å². The third kappa shape index (κ3) is 3.81. The van der Waals surface area contributed by atoms with Crippen LogP contribution in [0.2, 0.25) is 0 Å². The Labute approximate surface area is 97.2 Å². The molecule has 5 heteroatoms. The Hall–Kier alpha value is -1.10. The zero-order valence-electron chi connectivity index (χ0n) is 10.8. The van der Waals surface area contributed by atoms with Crippen molar-refractivity contribution in [2.24, 2.45) is 11.1 Å². The van der Waals surface area contributed by atoms with Crippen molar-refractivity contribution < 1.29 is 9.59 Å². The molecule has 94 valence electrons. The Morgan fingerprint density at radius 3 is 2.06 bits per heavy atom. The molecule has 0 aliphatic carbocycles. The summed E-state index contributed by atoms with van der Waals surface area (Å²) in [5, 5.41) is 5.21. The van der Waals surface area contributed by atoms with Crippen molar-refractivity contribution in [3.05, 3.63) is 0 Å². The van der Waals surface area contributed by atoms with Gasteiger partial charge in [-0.1, -0.05) is 0 Å². The number of nitrogens with one attached hydrogen (secondary N) is 2. The first-order valence-corrected chi connectivity index (χ1v) is 5.40. The molecule has 0 saturated heterocycles. The van der Waals surface area contributed by atoms with Gasteiger partial charge in [-0.05, 0) is 27.7 Å². The van der Waals surface area contributed by atoms with Crippen molar-refractivity contribution in [3.8, 4) is 0 Å². The Morgan fingerprint density at radius 2 is 1.69 bits per heavy atom. The van der Waals surface area contributed by atoms with Gasteiger partial charge < -0.3 is 16.4 Å². The minimum atomic E-state index is -0.671. The zero-order chi connectivity index (χ0) is 13.0. The molecule has 0 bridgehead atoms. The smallest absolute Gasteiger partial charge is 0.227 e. The molecule has 0 saturated carbocycles. The molecule has 0 unspecified atom stereocenters. The van der Waals surface area contributed by atoms with E-state index in [0.717, 1.165) is 0 Å². The van der Waals surface area contributed by atoms with Gasteiger partial charge in [0, 0.05) is 25.6 Å². The molecule has 0 spiro atoms. The predicted molar refractivity (Wildman–Crippen MR) is 63.7 cm³/mol. The van der Waals surface area contributed by atoms with Gasteiger partial charge in [-0.2, -0.15) is 0 Å². The minimum absolute atomic E-state index is 0.0925. The SMILES string of the molecule is CNC(=O)CCNC(=O)C(C)(C)C(C)(C)N. The summed E-state index contributed by atoms with van der Waals surface area (Å²) in [6.45, 7) is 7.54. The highest BCUT2D eigenvalue weighted by atomic mass is 16.2. The van der Waals surface area contributed by atoms with Gasteiger partial charge in [-0.3, -0.25) is 9.59 Å². The standard InChI is InChI=1S/C11H23N3O2/c1-10(2,11(3,4)12)9(16)14-7-6-8(15)13-5/h6-7,12H2,1-5H3,(H,13,15)(H,14,16). The van der Waals surface area contributed by atoms with Crippen molar-refractivity contribution in [1.82, 2.24) is 10.6 Å². The van der Waals surface area contributed by atoms with Gasteiger partial charge in [0.25, 0.3) is 0 Å². The van der Waals surface area contributed by atoms with Gasteiger partial charge in [-0.15, -0.1) is 0 Å². The monoisotopic (exact) mass is 229 g/mol. The normalized spacial score (nSPS) is 12.1. The molecule has 0 aromatic carbocycles. The lowest BCUT2D eigenvalue weighted by Gasteiger charge is -2.36. The first-order valence-electron chi connectivity index (χ1n) is 5.40. The third-order valence-electron chi connectivity index (χ3n) is 3.09. The highest BCUT2D eigenvalue weighted by Crippen LogP contribution is 2.28. The van der Waals surface area contributed by atoms with E-state index < -0.39 is 11.0 Å². The van der Waals surface area contributed by atoms with Crippen LogP contribution in [-0.4, -0.2) is 30.9 Å². The summed E-state index contributed by atoms with van der Waals surface area (Å²) in [6, 6.07) is 0. The fourth-order valence-electron chi connectivity index (χ4n) is 0.928. The minimum Gasteiger partial charge on any atom is -0.359 e. The predicted octanol–water partition coefficient (Wildman–Crippen LogP) is 0.00220. The van der Waals surface area contributed by atoms with Crippen molar-refractivity contribution in [1.29, 1.82) is 0 Å². The molecule has 0 aliphatic rings. The Morgan fingerprint density at radius 1 is 1.19 bits per heavy atom. The number of carbonyl (C=O) groups excluding carboxylic acids is 2. The summed E-state index contributed by atoms with van der Waals surface area (Å²) in [5.41, 5.74) is 4.65. The number of rotatable bonds is 5. The lowest BCUT2D eigenvalue weighted by Crippen LogP contribution is -2.55. The van der Waals surface area contributed by atoms with Crippen LogP contribution >= 0.6 is 0 Å². The lowest BCUT2D eigenvalue weighted by molar-refractivity contribution is -0.132. The highest BCUT2D eigenvalue weighted by molar-refractivity contribution is 5.84. The average Bonchev–Trinajstić information content (AvgIpc) is 2.15. The van der Waals surface area contributed by atoms with E-state index in [1.165, 1.54) is 0 Å². The fourth-order valence-corrected chi connectivity index (χ4v) is 0.928. The van der Waals surface area contributed by atoms with E-state index in [0.29, 0.717) is 6.54 Å². The molecule has 0 rings (SSSR count). The Kier molecular flexibility index (Phi) is 4.93. The Balaban J connectivity index is 4.22. The maximum Gasteiger partial charge on any atom is 0.227 e. The summed E-state index contributed by atoms with van der Waals surface area (Å²) < 4.78 is 0. The van der Waals surface area contributed by atoms with E-state index in [9.17, 15) is 9.59 Å². The molecule has 0 fully saturated rings.